The van der Waals surface area contributed by atoms with Gasteiger partial charge in [0.25, 0.3) is 0 Å². The van der Waals surface area contributed by atoms with E-state index in [2.05, 4.69) is 6.92 Å². The van der Waals surface area contributed by atoms with Gasteiger partial charge < -0.3 is 15.7 Å². The fourth-order valence-electron chi connectivity index (χ4n) is 3.41. The topological polar surface area (TPSA) is 66.6 Å². The Bertz CT molecular complexity index is 488. The molecule has 0 aliphatic rings. The van der Waals surface area contributed by atoms with Crippen LogP contribution in [0.3, 0.4) is 0 Å². The molecule has 0 heterocycles. The molecule has 1 rings (SSSR count). The lowest BCUT2D eigenvalue weighted by Gasteiger charge is -2.20. The predicted molar refractivity (Wildman–Crippen MR) is 114 cm³/mol. The highest BCUT2D eigenvalue weighted by molar-refractivity contribution is 5.71. The molecule has 0 fully saturated rings. The van der Waals surface area contributed by atoms with E-state index in [-0.39, 0.29) is 11.8 Å². The van der Waals surface area contributed by atoms with E-state index in [1.165, 1.54) is 70.6 Å². The average Bonchev–Trinajstić information content (AvgIpc) is 2.66. The number of rotatable bonds is 16. The molecule has 27 heavy (non-hydrogen) atoms. The van der Waals surface area contributed by atoms with Crippen molar-refractivity contribution < 1.29 is 9.90 Å². The van der Waals surface area contributed by atoms with Crippen LogP contribution in [0.4, 0.5) is 4.79 Å². The fourth-order valence-corrected chi connectivity index (χ4v) is 3.41. The van der Waals surface area contributed by atoms with Crippen LogP contribution in [0.25, 0.3) is 0 Å². The van der Waals surface area contributed by atoms with E-state index in [1.54, 1.807) is 17.0 Å². The largest absolute Gasteiger partial charge is 0.508 e. The Labute approximate surface area is 166 Å². The van der Waals surface area contributed by atoms with Crippen molar-refractivity contribution in [2.75, 3.05) is 6.54 Å². The van der Waals surface area contributed by atoms with Crippen LogP contribution >= 0.6 is 0 Å². The summed E-state index contributed by atoms with van der Waals surface area (Å²) in [6.07, 6.45) is 17.1. The van der Waals surface area contributed by atoms with E-state index >= 15 is 0 Å². The van der Waals surface area contributed by atoms with Crippen LogP contribution in [0.15, 0.2) is 24.3 Å². The molecule has 154 valence electrons. The Morgan fingerprint density at radius 1 is 0.815 bits per heavy atom. The van der Waals surface area contributed by atoms with Crippen LogP contribution in [0.2, 0.25) is 0 Å². The maximum absolute atomic E-state index is 11.6. The maximum atomic E-state index is 11.6. The van der Waals surface area contributed by atoms with Crippen LogP contribution in [0, 0.1) is 0 Å². The second kappa shape index (κ2) is 15.4. The van der Waals surface area contributed by atoms with Gasteiger partial charge in [0.15, 0.2) is 0 Å². The lowest BCUT2D eigenvalue weighted by Crippen LogP contribution is -2.35. The number of aromatic hydroxyl groups is 1. The van der Waals surface area contributed by atoms with Crippen LogP contribution < -0.4 is 5.73 Å². The first-order valence-electron chi connectivity index (χ1n) is 11.0. The van der Waals surface area contributed by atoms with Crippen molar-refractivity contribution in [3.63, 3.8) is 0 Å². The van der Waals surface area contributed by atoms with Crippen LogP contribution in [0.5, 0.6) is 5.75 Å². The summed E-state index contributed by atoms with van der Waals surface area (Å²) in [7, 11) is 0. The molecular formula is C23H40N2O2. The molecule has 0 radical (unpaired) electrons. The molecule has 2 amide bonds. The van der Waals surface area contributed by atoms with E-state index in [9.17, 15) is 9.90 Å². The highest BCUT2D eigenvalue weighted by Gasteiger charge is 2.09. The minimum absolute atomic E-state index is 0.237. The molecule has 0 saturated heterocycles. The number of phenolic OH excluding ortho intramolecular Hbond substituents is 1. The lowest BCUT2D eigenvalue weighted by atomic mass is 10.0. The highest BCUT2D eigenvalue weighted by Crippen LogP contribution is 2.14. The second-order valence-electron chi connectivity index (χ2n) is 7.67. The summed E-state index contributed by atoms with van der Waals surface area (Å²) in [5.74, 6) is 0.237. The number of hydrogen-bond donors (Lipinski definition) is 2. The highest BCUT2D eigenvalue weighted by atomic mass is 16.3. The van der Waals surface area contributed by atoms with Crippen molar-refractivity contribution in [2.45, 2.75) is 96.9 Å². The van der Waals surface area contributed by atoms with Gasteiger partial charge in [-0.3, -0.25) is 0 Å². The first-order chi connectivity index (χ1) is 13.1. The van der Waals surface area contributed by atoms with Crippen molar-refractivity contribution in [1.29, 1.82) is 0 Å². The van der Waals surface area contributed by atoms with Gasteiger partial charge in [0.05, 0.1) is 0 Å². The zero-order valence-electron chi connectivity index (χ0n) is 17.3. The van der Waals surface area contributed by atoms with Gasteiger partial charge in [-0.25, -0.2) is 4.79 Å². The minimum Gasteiger partial charge on any atom is -0.508 e. The average molecular weight is 377 g/mol. The summed E-state index contributed by atoms with van der Waals surface area (Å²) in [6, 6.07) is 6.56. The van der Waals surface area contributed by atoms with Gasteiger partial charge in [0.1, 0.15) is 5.75 Å². The summed E-state index contributed by atoms with van der Waals surface area (Å²) in [4.78, 5) is 13.3. The van der Waals surface area contributed by atoms with Gasteiger partial charge in [0, 0.05) is 13.1 Å². The van der Waals surface area contributed by atoms with E-state index in [0.717, 1.165) is 18.4 Å². The van der Waals surface area contributed by atoms with Crippen molar-refractivity contribution >= 4 is 6.03 Å². The quantitative estimate of drug-likeness (QED) is 0.329. The summed E-state index contributed by atoms with van der Waals surface area (Å²) < 4.78 is 0. The lowest BCUT2D eigenvalue weighted by molar-refractivity contribution is 0.203. The van der Waals surface area contributed by atoms with Crippen molar-refractivity contribution in [3.05, 3.63) is 29.8 Å². The normalized spacial score (nSPS) is 10.9. The van der Waals surface area contributed by atoms with Gasteiger partial charge in [-0.1, -0.05) is 96.1 Å². The van der Waals surface area contributed by atoms with Gasteiger partial charge in [-0.15, -0.1) is 0 Å². The smallest absolute Gasteiger partial charge is 0.315 e. The molecule has 0 unspecified atom stereocenters. The summed E-state index contributed by atoms with van der Waals surface area (Å²) in [5.41, 5.74) is 6.49. The van der Waals surface area contributed by atoms with Gasteiger partial charge in [-0.05, 0) is 24.1 Å². The fraction of sp³-hybridized carbons (Fsp3) is 0.696. The first kappa shape index (κ1) is 23.3. The molecule has 0 aliphatic heterocycles. The molecule has 0 aliphatic carbocycles. The standard InChI is InChI=1S/C23H40N2O2/c1-2-3-4-5-6-7-8-9-10-11-12-13-14-19-25(23(24)27)20-21-15-17-22(26)18-16-21/h15-18,26H,2-14,19-20H2,1H3,(H2,24,27). The van der Waals surface area contributed by atoms with Crippen LogP contribution in [-0.4, -0.2) is 22.6 Å². The summed E-state index contributed by atoms with van der Waals surface area (Å²) in [6.45, 7) is 3.48. The molecule has 0 saturated carbocycles. The molecule has 0 bridgehead atoms. The molecule has 1 aromatic carbocycles. The molecular weight excluding hydrogens is 336 g/mol. The van der Waals surface area contributed by atoms with E-state index < -0.39 is 0 Å². The zero-order valence-corrected chi connectivity index (χ0v) is 17.3. The number of carbonyl (C=O) groups excluding carboxylic acids is 1. The van der Waals surface area contributed by atoms with E-state index in [4.69, 9.17) is 5.73 Å². The molecule has 0 atom stereocenters. The Hall–Kier alpha value is -1.71. The molecule has 0 spiro atoms. The predicted octanol–water partition coefficient (Wildman–Crippen LogP) is 6.36. The second-order valence-corrected chi connectivity index (χ2v) is 7.67. The van der Waals surface area contributed by atoms with Gasteiger partial charge >= 0.3 is 6.03 Å². The Kier molecular flexibility index (Phi) is 13.3. The van der Waals surface area contributed by atoms with E-state index in [0.29, 0.717) is 13.1 Å². The maximum Gasteiger partial charge on any atom is 0.315 e. The number of carbonyl (C=O) groups is 1. The number of amides is 2. The van der Waals surface area contributed by atoms with Gasteiger partial charge in [0.2, 0.25) is 0 Å². The Morgan fingerprint density at radius 2 is 1.26 bits per heavy atom. The third kappa shape index (κ3) is 12.3. The van der Waals surface area contributed by atoms with Crippen LogP contribution in [0.1, 0.15) is 96.0 Å². The zero-order chi connectivity index (χ0) is 19.7. The molecule has 4 heteroatoms. The number of phenols is 1. The number of primary amides is 1. The van der Waals surface area contributed by atoms with Gasteiger partial charge in [-0.2, -0.15) is 0 Å². The number of nitrogens with two attached hydrogens (primary N) is 1. The van der Waals surface area contributed by atoms with E-state index in [1.807, 2.05) is 12.1 Å². The van der Waals surface area contributed by atoms with Crippen molar-refractivity contribution in [1.82, 2.24) is 4.90 Å². The number of unbranched alkanes of at least 4 members (excludes halogenated alkanes) is 12. The summed E-state index contributed by atoms with van der Waals surface area (Å²) >= 11 is 0. The first-order valence-corrected chi connectivity index (χ1v) is 11.0. The number of hydrogen-bond acceptors (Lipinski definition) is 2. The van der Waals surface area contributed by atoms with Crippen molar-refractivity contribution in [2.24, 2.45) is 5.73 Å². The molecule has 3 N–H and O–H groups in total. The van der Waals surface area contributed by atoms with Crippen LogP contribution in [-0.2, 0) is 6.54 Å². The molecule has 4 nitrogen and oxygen atoms in total. The minimum atomic E-state index is -0.373. The SMILES string of the molecule is CCCCCCCCCCCCCCCN(Cc1ccc(O)cc1)C(N)=O. The Morgan fingerprint density at radius 3 is 1.70 bits per heavy atom. The summed E-state index contributed by atoms with van der Waals surface area (Å²) in [5, 5.41) is 9.33. The molecule has 1 aromatic rings. The third-order valence-corrected chi connectivity index (χ3v) is 5.15. The third-order valence-electron chi connectivity index (χ3n) is 5.15. The van der Waals surface area contributed by atoms with Crippen molar-refractivity contribution in [3.8, 4) is 5.75 Å². The number of urea groups is 1. The molecule has 0 aromatic heterocycles. The monoisotopic (exact) mass is 376 g/mol. The Balaban J connectivity index is 2.00. The number of nitrogens with zero attached hydrogens (tertiary/aromatic N) is 1. The number of benzene rings is 1.